The molecule has 1 aliphatic rings. The van der Waals surface area contributed by atoms with Crippen molar-refractivity contribution < 1.29 is 29.6 Å². The highest BCUT2D eigenvalue weighted by Crippen LogP contribution is 2.55. The monoisotopic (exact) mass is 302 g/mol. The van der Waals surface area contributed by atoms with Gasteiger partial charge in [0, 0.05) is 0 Å². The highest BCUT2D eigenvalue weighted by molar-refractivity contribution is 6.05. The summed E-state index contributed by atoms with van der Waals surface area (Å²) in [6.45, 7) is 0. The van der Waals surface area contributed by atoms with Gasteiger partial charge in [-0.1, -0.05) is 30.3 Å². The van der Waals surface area contributed by atoms with Gasteiger partial charge < -0.3 is 24.8 Å². The Hall–Kier alpha value is -2.89. The second-order valence-corrected chi connectivity index (χ2v) is 4.93. The lowest BCUT2D eigenvalue weighted by Gasteiger charge is -2.27. The summed E-state index contributed by atoms with van der Waals surface area (Å²) in [5.41, 5.74) is 0.704. The van der Waals surface area contributed by atoms with Gasteiger partial charge in [-0.25, -0.2) is 0 Å². The number of ketones is 1. The van der Waals surface area contributed by atoms with Gasteiger partial charge in [0.2, 0.25) is 17.2 Å². The minimum atomic E-state index is -0.780. The third kappa shape index (κ3) is 2.00. The molecule has 0 radical (unpaired) electrons. The molecule has 0 saturated carbocycles. The summed E-state index contributed by atoms with van der Waals surface area (Å²) in [6.07, 6.45) is -0.544. The molecule has 0 unspecified atom stereocenters. The molecule has 0 amide bonds. The van der Waals surface area contributed by atoms with Crippen molar-refractivity contribution in [2.45, 2.75) is 12.5 Å². The van der Waals surface area contributed by atoms with E-state index in [0.717, 1.165) is 5.56 Å². The van der Waals surface area contributed by atoms with E-state index in [-0.39, 0.29) is 29.3 Å². The minimum Gasteiger partial charge on any atom is -0.502 e. The Morgan fingerprint density at radius 1 is 1.09 bits per heavy atom. The lowest BCUT2D eigenvalue weighted by Crippen LogP contribution is -2.21. The molecule has 6 nitrogen and oxygen atoms in total. The number of carbonyl (C=O) groups is 1. The number of phenolic OH excluding ortho intramolecular Hbond substituents is 3. The van der Waals surface area contributed by atoms with Crippen LogP contribution in [0.4, 0.5) is 0 Å². The summed E-state index contributed by atoms with van der Waals surface area (Å²) in [6, 6.07) is 9.07. The zero-order valence-electron chi connectivity index (χ0n) is 11.7. The van der Waals surface area contributed by atoms with Crippen LogP contribution in [0, 0.1) is 0 Å². The fraction of sp³-hybridized carbons (Fsp3) is 0.188. The van der Waals surface area contributed by atoms with Gasteiger partial charge in [0.15, 0.2) is 17.3 Å². The highest BCUT2D eigenvalue weighted by Gasteiger charge is 2.36. The fourth-order valence-electron chi connectivity index (χ4n) is 2.54. The van der Waals surface area contributed by atoms with Crippen LogP contribution in [0.25, 0.3) is 0 Å². The number of rotatable bonds is 2. The Bertz CT molecular complexity index is 738. The predicted octanol–water partition coefficient (Wildman–Crippen LogP) is 2.52. The first-order chi connectivity index (χ1) is 10.5. The molecule has 2 aromatic rings. The molecule has 2 aromatic carbocycles. The summed E-state index contributed by atoms with van der Waals surface area (Å²) < 4.78 is 10.6. The molecular weight excluding hydrogens is 288 g/mol. The number of fused-ring (bicyclic) bond motifs is 1. The largest absolute Gasteiger partial charge is 0.502 e. The Labute approximate surface area is 126 Å². The number of ether oxygens (including phenoxy) is 2. The molecule has 1 atom stereocenters. The quantitative estimate of drug-likeness (QED) is 0.738. The first-order valence-corrected chi connectivity index (χ1v) is 6.64. The van der Waals surface area contributed by atoms with E-state index in [2.05, 4.69) is 0 Å². The van der Waals surface area contributed by atoms with E-state index in [4.69, 9.17) is 9.47 Å². The van der Waals surface area contributed by atoms with Gasteiger partial charge in [0.25, 0.3) is 0 Å². The minimum absolute atomic E-state index is 0.0387. The van der Waals surface area contributed by atoms with E-state index in [1.807, 2.05) is 18.2 Å². The molecule has 3 N–H and O–H groups in total. The van der Waals surface area contributed by atoms with Gasteiger partial charge in [-0.15, -0.1) is 0 Å². The van der Waals surface area contributed by atoms with Crippen LogP contribution < -0.4 is 9.47 Å². The van der Waals surface area contributed by atoms with Gasteiger partial charge in [0.05, 0.1) is 13.5 Å². The summed E-state index contributed by atoms with van der Waals surface area (Å²) >= 11 is 0. The molecule has 0 aromatic heterocycles. The van der Waals surface area contributed by atoms with Crippen LogP contribution in [-0.4, -0.2) is 28.2 Å². The Kier molecular flexibility index (Phi) is 3.29. The van der Waals surface area contributed by atoms with Crippen LogP contribution in [-0.2, 0) is 0 Å². The van der Waals surface area contributed by atoms with Crippen molar-refractivity contribution >= 4 is 5.78 Å². The topological polar surface area (TPSA) is 96.2 Å². The maximum atomic E-state index is 12.4. The molecule has 22 heavy (non-hydrogen) atoms. The molecule has 114 valence electrons. The van der Waals surface area contributed by atoms with E-state index in [1.165, 1.54) is 7.11 Å². The smallest absolute Gasteiger partial charge is 0.208 e. The first-order valence-electron chi connectivity index (χ1n) is 6.64. The molecule has 0 aliphatic carbocycles. The first kappa shape index (κ1) is 14.1. The molecule has 0 bridgehead atoms. The number of methoxy groups -OCH3 is 1. The standard InChI is InChI=1S/C16H14O6/c1-21-15-11-9(17)7-10(8-5-3-2-4-6-8)22-16(11)14(20)12(18)13(15)19/h2-6,10,18-20H,7H2,1H3/t10-/m0/s1. The fourth-order valence-corrected chi connectivity index (χ4v) is 2.54. The molecule has 0 saturated heterocycles. The number of phenols is 3. The lowest BCUT2D eigenvalue weighted by molar-refractivity contribution is 0.0833. The summed E-state index contributed by atoms with van der Waals surface area (Å²) in [4.78, 5) is 12.4. The Morgan fingerprint density at radius 2 is 1.77 bits per heavy atom. The van der Waals surface area contributed by atoms with Crippen molar-refractivity contribution in [3.05, 3.63) is 41.5 Å². The van der Waals surface area contributed by atoms with Crippen molar-refractivity contribution in [3.8, 4) is 28.7 Å². The van der Waals surface area contributed by atoms with Crippen molar-refractivity contribution in [2.75, 3.05) is 7.11 Å². The van der Waals surface area contributed by atoms with Gasteiger partial charge >= 0.3 is 0 Å². The zero-order chi connectivity index (χ0) is 15.9. The van der Waals surface area contributed by atoms with Crippen LogP contribution in [0.1, 0.15) is 28.4 Å². The molecule has 6 heteroatoms. The van der Waals surface area contributed by atoms with Crippen molar-refractivity contribution in [2.24, 2.45) is 0 Å². The van der Waals surface area contributed by atoms with Gasteiger partial charge in [-0.05, 0) is 5.56 Å². The van der Waals surface area contributed by atoms with Crippen LogP contribution >= 0.6 is 0 Å². The third-order valence-electron chi connectivity index (χ3n) is 3.62. The maximum Gasteiger partial charge on any atom is 0.208 e. The summed E-state index contributed by atoms with van der Waals surface area (Å²) in [7, 11) is 1.25. The average molecular weight is 302 g/mol. The second kappa shape index (κ2) is 5.14. The zero-order valence-corrected chi connectivity index (χ0v) is 11.7. The number of Topliss-reactive ketones (excluding diaryl/α,β-unsaturated/α-hetero) is 1. The molecule has 0 fully saturated rings. The highest BCUT2D eigenvalue weighted by atomic mass is 16.5. The summed E-state index contributed by atoms with van der Waals surface area (Å²) in [5, 5.41) is 29.5. The number of benzene rings is 2. The molecule has 1 heterocycles. The maximum absolute atomic E-state index is 12.4. The molecule has 1 aliphatic heterocycles. The molecule has 3 rings (SSSR count). The van der Waals surface area contributed by atoms with E-state index in [1.54, 1.807) is 12.1 Å². The van der Waals surface area contributed by atoms with Crippen molar-refractivity contribution in [1.29, 1.82) is 0 Å². The Balaban J connectivity index is 2.14. The van der Waals surface area contributed by atoms with Gasteiger partial charge in [0.1, 0.15) is 11.7 Å². The van der Waals surface area contributed by atoms with Gasteiger partial charge in [-0.3, -0.25) is 4.79 Å². The van der Waals surface area contributed by atoms with E-state index >= 15 is 0 Å². The number of hydrogen-bond donors (Lipinski definition) is 3. The number of carbonyl (C=O) groups excluding carboxylic acids is 1. The van der Waals surface area contributed by atoms with Crippen molar-refractivity contribution in [3.63, 3.8) is 0 Å². The van der Waals surface area contributed by atoms with Gasteiger partial charge in [-0.2, -0.15) is 0 Å². The van der Waals surface area contributed by atoms with Crippen LogP contribution in [0.15, 0.2) is 30.3 Å². The predicted molar refractivity (Wildman–Crippen MR) is 76.7 cm³/mol. The average Bonchev–Trinajstić information content (AvgIpc) is 2.54. The summed E-state index contributed by atoms with van der Waals surface area (Å²) in [5.74, 6) is -2.88. The van der Waals surface area contributed by atoms with Crippen LogP contribution in [0.3, 0.4) is 0 Å². The van der Waals surface area contributed by atoms with Crippen molar-refractivity contribution in [1.82, 2.24) is 0 Å². The lowest BCUT2D eigenvalue weighted by atomic mass is 9.94. The van der Waals surface area contributed by atoms with Crippen LogP contribution in [0.2, 0.25) is 0 Å². The normalized spacial score (nSPS) is 16.8. The molecule has 0 spiro atoms. The second-order valence-electron chi connectivity index (χ2n) is 4.93. The Morgan fingerprint density at radius 3 is 2.41 bits per heavy atom. The number of aromatic hydroxyl groups is 3. The van der Waals surface area contributed by atoms with E-state index in [0.29, 0.717) is 0 Å². The van der Waals surface area contributed by atoms with E-state index in [9.17, 15) is 20.1 Å². The SMILES string of the molecule is COc1c(O)c(O)c(O)c2c1C(=O)C[C@@H](c1ccccc1)O2. The van der Waals surface area contributed by atoms with Crippen LogP contribution in [0.5, 0.6) is 28.7 Å². The molecular formula is C16H14O6. The van der Waals surface area contributed by atoms with E-state index < -0.39 is 23.4 Å². The third-order valence-corrected chi connectivity index (χ3v) is 3.62. The number of hydrogen-bond acceptors (Lipinski definition) is 6.